The van der Waals surface area contributed by atoms with Gasteiger partial charge in [-0.3, -0.25) is 9.59 Å². The first kappa shape index (κ1) is 45.5. The summed E-state index contributed by atoms with van der Waals surface area (Å²) in [5.41, 5.74) is -0.930. The number of aryl methyl sites for hydroxylation is 1. The van der Waals surface area contributed by atoms with Gasteiger partial charge in [0.15, 0.2) is 6.29 Å². The molecule has 0 aliphatic carbocycles. The first-order chi connectivity index (χ1) is 26.6. The van der Waals surface area contributed by atoms with Crippen molar-refractivity contribution < 1.29 is 65.8 Å². The molecule has 9 atom stereocenters. The van der Waals surface area contributed by atoms with Crippen molar-refractivity contribution in [3.8, 4) is 0 Å². The van der Waals surface area contributed by atoms with E-state index in [1.807, 2.05) is 0 Å². The number of hydrogen-bond acceptors (Lipinski definition) is 11. The maximum atomic E-state index is 13.7. The lowest BCUT2D eigenvalue weighted by Gasteiger charge is -2.47. The minimum atomic E-state index is -4.78. The molecule has 4 rings (SSSR count). The third-order valence-corrected chi connectivity index (χ3v) is 11.4. The highest BCUT2D eigenvalue weighted by molar-refractivity contribution is 7.89. The summed E-state index contributed by atoms with van der Waals surface area (Å²) in [6.45, 7) is 1.94. The minimum absolute atomic E-state index is 0.0864. The third-order valence-electron chi connectivity index (χ3n) is 9.93. The molecule has 0 unspecified atom stereocenters. The Morgan fingerprint density at radius 3 is 2.18 bits per heavy atom. The van der Waals surface area contributed by atoms with Crippen LogP contribution in [0.4, 0.5) is 13.2 Å². The van der Waals surface area contributed by atoms with Crippen molar-refractivity contribution in [2.45, 2.75) is 138 Å². The molecule has 0 radical (unpaired) electrons. The van der Waals surface area contributed by atoms with Gasteiger partial charge in [-0.2, -0.15) is 13.2 Å². The van der Waals surface area contributed by atoms with Gasteiger partial charge in [-0.05, 0) is 49.2 Å². The van der Waals surface area contributed by atoms with E-state index in [1.54, 1.807) is 19.1 Å². The molecule has 7 N–H and O–H groups in total. The Kier molecular flexibility index (Phi) is 17.1. The van der Waals surface area contributed by atoms with Gasteiger partial charge in [0.25, 0.3) is 5.91 Å². The first-order valence-corrected chi connectivity index (χ1v) is 20.4. The van der Waals surface area contributed by atoms with Gasteiger partial charge in [0.1, 0.15) is 36.6 Å². The van der Waals surface area contributed by atoms with Crippen LogP contribution >= 0.6 is 0 Å². The van der Waals surface area contributed by atoms with Crippen molar-refractivity contribution in [2.75, 3.05) is 19.8 Å². The van der Waals surface area contributed by atoms with Gasteiger partial charge in [-0.1, -0.05) is 70.1 Å². The van der Waals surface area contributed by atoms with Crippen LogP contribution in [0.15, 0.2) is 53.4 Å². The van der Waals surface area contributed by atoms with Crippen molar-refractivity contribution in [2.24, 2.45) is 0 Å². The number of halogens is 3. The SMILES string of the molecule is CCCCCCCCCCC(=O)N[C@@H]1[C@H](O[C@@H]2O[C@H](CO)[C@@H](O)[C@H](O)[C@H]2NC(=O)c2cccc(C(F)(F)F)c2)[C@@H](NS(=O)(=O)c2cccc(C)c2)CO[C@@H]1CO. The van der Waals surface area contributed by atoms with Crippen LogP contribution in [0.25, 0.3) is 0 Å². The normalized spacial score (nSPS) is 27.1. The van der Waals surface area contributed by atoms with Gasteiger partial charge < -0.3 is 45.3 Å². The van der Waals surface area contributed by atoms with Crippen LogP contribution in [0.2, 0.25) is 0 Å². The van der Waals surface area contributed by atoms with Gasteiger partial charge in [0, 0.05) is 12.0 Å². The van der Waals surface area contributed by atoms with Crippen LogP contribution in [0, 0.1) is 6.92 Å². The molecule has 0 aromatic heterocycles. The number of sulfonamides is 1. The molecule has 0 saturated carbocycles. The summed E-state index contributed by atoms with van der Waals surface area (Å²) in [7, 11) is -4.30. The number of aliphatic hydroxyl groups is 4. The fraction of sp³-hybridized carbons (Fsp3) is 0.632. The Labute approximate surface area is 325 Å². The van der Waals surface area contributed by atoms with Gasteiger partial charge in [0.05, 0.1) is 42.4 Å². The number of alkyl halides is 3. The Morgan fingerprint density at radius 1 is 0.875 bits per heavy atom. The molecule has 14 nitrogen and oxygen atoms in total. The summed E-state index contributed by atoms with van der Waals surface area (Å²) in [6, 6.07) is 5.21. The lowest BCUT2D eigenvalue weighted by molar-refractivity contribution is -0.293. The van der Waals surface area contributed by atoms with E-state index in [4.69, 9.17) is 14.2 Å². The molecular formula is C38H54F3N3O11S. The van der Waals surface area contributed by atoms with Crippen molar-refractivity contribution in [3.63, 3.8) is 0 Å². The highest BCUT2D eigenvalue weighted by atomic mass is 32.2. The maximum absolute atomic E-state index is 13.7. The van der Waals surface area contributed by atoms with E-state index in [0.29, 0.717) is 18.1 Å². The van der Waals surface area contributed by atoms with E-state index in [1.165, 1.54) is 12.1 Å². The number of rotatable bonds is 19. The number of carbonyl (C=O) groups is 2. The molecule has 2 aliphatic rings. The summed E-state index contributed by atoms with van der Waals surface area (Å²) >= 11 is 0. The largest absolute Gasteiger partial charge is 0.416 e. The molecular weight excluding hydrogens is 763 g/mol. The number of benzene rings is 2. The standard InChI is InChI=1S/C38H54F3N3O11S/c1-3-4-5-6-7-8-9-10-17-30(47)42-31-28(20-45)53-22-27(44-56(51,52)26-16-11-13-23(2)18-26)35(31)55-37-32(34(49)33(48)29(21-46)54-37)43-36(50)24-14-12-15-25(19-24)38(39,40)41/h11-16,18-19,27-29,31-35,37,44-46,48-49H,3-10,17,20-22H2,1-2H3,(H,42,47)(H,43,50)/t27-,28+,29+,31-,32+,33+,34+,35+,37-/m0/s1. The summed E-state index contributed by atoms with van der Waals surface area (Å²) in [5.74, 6) is -1.57. The van der Waals surface area contributed by atoms with E-state index >= 15 is 0 Å². The van der Waals surface area contributed by atoms with Crippen LogP contribution in [-0.4, -0.2) is 115 Å². The number of hydrogen-bond donors (Lipinski definition) is 7. The second-order valence-corrected chi connectivity index (χ2v) is 16.0. The molecule has 56 heavy (non-hydrogen) atoms. The summed E-state index contributed by atoms with van der Waals surface area (Å²) in [6.07, 6.45) is -6.49. The molecule has 0 bridgehead atoms. The highest BCUT2D eigenvalue weighted by Crippen LogP contribution is 2.31. The third kappa shape index (κ3) is 12.4. The quantitative estimate of drug-likeness (QED) is 0.103. The summed E-state index contributed by atoms with van der Waals surface area (Å²) in [5, 5.41) is 47.4. The molecule has 0 spiro atoms. The zero-order valence-electron chi connectivity index (χ0n) is 31.5. The van der Waals surface area contributed by atoms with Gasteiger partial charge in [-0.15, -0.1) is 0 Å². The van der Waals surface area contributed by atoms with Gasteiger partial charge in [0.2, 0.25) is 15.9 Å². The fourth-order valence-corrected chi connectivity index (χ4v) is 8.15. The van der Waals surface area contributed by atoms with Crippen molar-refractivity contribution >= 4 is 21.8 Å². The van der Waals surface area contributed by atoms with Crippen LogP contribution in [0.1, 0.15) is 86.2 Å². The van der Waals surface area contributed by atoms with E-state index < -0.39 is 114 Å². The molecule has 2 fully saturated rings. The van der Waals surface area contributed by atoms with E-state index in [2.05, 4.69) is 22.3 Å². The van der Waals surface area contributed by atoms with Crippen molar-refractivity contribution in [1.82, 2.24) is 15.4 Å². The second kappa shape index (κ2) is 21.0. The number of nitrogens with one attached hydrogen (secondary N) is 3. The molecule has 2 aromatic rings. The monoisotopic (exact) mass is 817 g/mol. The smallest absolute Gasteiger partial charge is 0.394 e. The Bertz CT molecular complexity index is 1690. The maximum Gasteiger partial charge on any atom is 0.416 e. The molecule has 2 amide bonds. The van der Waals surface area contributed by atoms with Crippen molar-refractivity contribution in [1.29, 1.82) is 0 Å². The number of unbranched alkanes of at least 4 members (excludes halogenated alkanes) is 7. The molecule has 18 heteroatoms. The van der Waals surface area contributed by atoms with Crippen LogP contribution in [0.5, 0.6) is 0 Å². The van der Waals surface area contributed by atoms with E-state index in [0.717, 1.165) is 63.1 Å². The van der Waals surface area contributed by atoms with E-state index in [-0.39, 0.29) is 11.3 Å². The molecule has 2 aliphatic heterocycles. The summed E-state index contributed by atoms with van der Waals surface area (Å²) < 4.78 is 88.2. The summed E-state index contributed by atoms with van der Waals surface area (Å²) in [4.78, 5) is 26.6. The Balaban J connectivity index is 1.64. The van der Waals surface area contributed by atoms with Gasteiger partial charge in [-0.25, -0.2) is 13.1 Å². The van der Waals surface area contributed by atoms with Crippen molar-refractivity contribution in [3.05, 3.63) is 65.2 Å². The average molecular weight is 818 g/mol. The number of aliphatic hydroxyl groups excluding tert-OH is 4. The molecule has 2 aromatic carbocycles. The lowest BCUT2D eigenvalue weighted by atomic mass is 9.93. The Morgan fingerprint density at radius 2 is 1.54 bits per heavy atom. The predicted octanol–water partition coefficient (Wildman–Crippen LogP) is 2.69. The topological polar surface area (TPSA) is 213 Å². The van der Waals surface area contributed by atoms with Crippen LogP contribution in [0.3, 0.4) is 0 Å². The highest BCUT2D eigenvalue weighted by Gasteiger charge is 2.51. The molecule has 314 valence electrons. The number of amides is 2. The minimum Gasteiger partial charge on any atom is -0.394 e. The number of carbonyl (C=O) groups excluding carboxylic acids is 2. The lowest BCUT2D eigenvalue weighted by Crippen LogP contribution is -2.70. The van der Waals surface area contributed by atoms with Crippen LogP contribution < -0.4 is 15.4 Å². The first-order valence-electron chi connectivity index (χ1n) is 19.0. The molecule has 2 saturated heterocycles. The molecule has 2 heterocycles. The number of ether oxygens (including phenoxy) is 3. The average Bonchev–Trinajstić information content (AvgIpc) is 3.16. The fourth-order valence-electron chi connectivity index (χ4n) is 6.82. The predicted molar refractivity (Wildman–Crippen MR) is 197 cm³/mol. The van der Waals surface area contributed by atoms with E-state index in [9.17, 15) is 51.6 Å². The van der Waals surface area contributed by atoms with Crippen LogP contribution in [-0.2, 0) is 35.2 Å². The second-order valence-electron chi connectivity index (χ2n) is 14.3. The van der Waals surface area contributed by atoms with Gasteiger partial charge >= 0.3 is 6.18 Å². The zero-order valence-corrected chi connectivity index (χ0v) is 32.3. The Hall–Kier alpha value is -3.20. The zero-order chi connectivity index (χ0) is 41.0.